The van der Waals surface area contributed by atoms with Crippen LogP contribution in [0, 0.1) is 0 Å². The molecule has 1 saturated heterocycles. The number of para-hydroxylation sites is 2. The van der Waals surface area contributed by atoms with E-state index in [4.69, 9.17) is 9.47 Å². The summed E-state index contributed by atoms with van der Waals surface area (Å²) in [4.78, 5) is 27.4. The molecule has 2 heterocycles. The number of anilines is 1. The lowest BCUT2D eigenvalue weighted by Crippen LogP contribution is -2.45. The van der Waals surface area contributed by atoms with E-state index < -0.39 is 6.10 Å². The summed E-state index contributed by atoms with van der Waals surface area (Å²) in [6.07, 6.45) is -0.878. The van der Waals surface area contributed by atoms with Gasteiger partial charge >= 0.3 is 0 Å². The standard InChI is InChI=1S/C22H25N3O4/c26-21(14-20-22(27)24-17-8-4-5-9-19(17)29-20)23-18(16-6-2-1-3-7-16)15-25-10-12-28-13-11-25/h1-9,18,20H,10-15H2,(H,23,26)(H,24,27)/t18-,20+/m0/s1. The van der Waals surface area contributed by atoms with Crippen LogP contribution in [0.15, 0.2) is 54.6 Å². The fourth-order valence-corrected chi connectivity index (χ4v) is 3.61. The zero-order valence-electron chi connectivity index (χ0n) is 16.2. The Kier molecular flexibility index (Phi) is 6.07. The van der Waals surface area contributed by atoms with Gasteiger partial charge in [0, 0.05) is 19.6 Å². The first kappa shape index (κ1) is 19.4. The van der Waals surface area contributed by atoms with Crippen LogP contribution in [-0.4, -0.2) is 55.7 Å². The topological polar surface area (TPSA) is 79.9 Å². The highest BCUT2D eigenvalue weighted by Gasteiger charge is 2.30. The van der Waals surface area contributed by atoms with E-state index in [1.54, 1.807) is 12.1 Å². The average molecular weight is 395 g/mol. The Bertz CT molecular complexity index is 852. The number of hydrogen-bond donors (Lipinski definition) is 2. The molecule has 7 heteroatoms. The number of hydrogen-bond acceptors (Lipinski definition) is 5. The van der Waals surface area contributed by atoms with Crippen molar-refractivity contribution in [1.82, 2.24) is 10.2 Å². The summed E-state index contributed by atoms with van der Waals surface area (Å²) >= 11 is 0. The number of nitrogens with zero attached hydrogens (tertiary/aromatic N) is 1. The molecule has 2 amide bonds. The summed E-state index contributed by atoms with van der Waals surface area (Å²) in [5.74, 6) is 0.0627. The first-order valence-electron chi connectivity index (χ1n) is 9.90. The van der Waals surface area contributed by atoms with Crippen LogP contribution in [0.2, 0.25) is 0 Å². The molecule has 7 nitrogen and oxygen atoms in total. The lowest BCUT2D eigenvalue weighted by molar-refractivity contribution is -0.131. The molecule has 2 aliphatic rings. The van der Waals surface area contributed by atoms with Crippen molar-refractivity contribution < 1.29 is 19.1 Å². The number of morpholine rings is 1. The van der Waals surface area contributed by atoms with E-state index in [0.717, 1.165) is 18.7 Å². The van der Waals surface area contributed by atoms with E-state index in [9.17, 15) is 9.59 Å². The Balaban J connectivity index is 1.41. The van der Waals surface area contributed by atoms with Crippen molar-refractivity contribution in [2.45, 2.75) is 18.6 Å². The lowest BCUT2D eigenvalue weighted by Gasteiger charge is -2.31. The molecular weight excluding hydrogens is 370 g/mol. The van der Waals surface area contributed by atoms with Crippen molar-refractivity contribution in [2.24, 2.45) is 0 Å². The molecule has 0 aliphatic carbocycles. The number of carbonyl (C=O) groups is 2. The maximum Gasteiger partial charge on any atom is 0.266 e. The average Bonchev–Trinajstić information content (AvgIpc) is 2.75. The van der Waals surface area contributed by atoms with Crippen LogP contribution in [-0.2, 0) is 14.3 Å². The van der Waals surface area contributed by atoms with E-state index in [1.165, 1.54) is 0 Å². The summed E-state index contributed by atoms with van der Waals surface area (Å²) in [6, 6.07) is 16.9. The smallest absolute Gasteiger partial charge is 0.266 e. The monoisotopic (exact) mass is 395 g/mol. The zero-order chi connectivity index (χ0) is 20.1. The van der Waals surface area contributed by atoms with Gasteiger partial charge in [0.05, 0.1) is 31.4 Å². The van der Waals surface area contributed by atoms with Crippen molar-refractivity contribution in [3.63, 3.8) is 0 Å². The van der Waals surface area contributed by atoms with E-state index in [0.29, 0.717) is 31.2 Å². The Morgan fingerprint density at radius 1 is 1.10 bits per heavy atom. The van der Waals surface area contributed by atoms with Gasteiger partial charge in [-0.05, 0) is 17.7 Å². The molecule has 29 heavy (non-hydrogen) atoms. The molecule has 2 atom stereocenters. The van der Waals surface area contributed by atoms with Crippen LogP contribution >= 0.6 is 0 Å². The Morgan fingerprint density at radius 3 is 2.62 bits per heavy atom. The predicted octanol–water partition coefficient (Wildman–Crippen LogP) is 1.97. The van der Waals surface area contributed by atoms with Crippen molar-refractivity contribution in [1.29, 1.82) is 0 Å². The number of fused-ring (bicyclic) bond motifs is 1. The first-order chi connectivity index (χ1) is 14.2. The molecule has 0 unspecified atom stereocenters. The van der Waals surface area contributed by atoms with Crippen molar-refractivity contribution in [3.05, 3.63) is 60.2 Å². The molecule has 1 fully saturated rings. The highest BCUT2D eigenvalue weighted by Crippen LogP contribution is 2.29. The maximum atomic E-state index is 12.8. The molecule has 0 saturated carbocycles. The van der Waals surface area contributed by atoms with Crippen molar-refractivity contribution >= 4 is 17.5 Å². The summed E-state index contributed by atoms with van der Waals surface area (Å²) in [5, 5.41) is 5.89. The normalized spacial score (nSPS) is 20.1. The quantitative estimate of drug-likeness (QED) is 0.782. The molecular formula is C22H25N3O4. The van der Waals surface area contributed by atoms with Crippen LogP contribution in [0.25, 0.3) is 0 Å². The molecule has 4 rings (SSSR count). The molecule has 0 bridgehead atoms. The van der Waals surface area contributed by atoms with Crippen molar-refractivity contribution in [2.75, 3.05) is 38.2 Å². The molecule has 2 aliphatic heterocycles. The van der Waals surface area contributed by atoms with E-state index >= 15 is 0 Å². The van der Waals surface area contributed by atoms with E-state index in [1.807, 2.05) is 42.5 Å². The molecule has 152 valence electrons. The number of amides is 2. The third-order valence-electron chi connectivity index (χ3n) is 5.16. The Labute approximate surface area is 170 Å². The minimum atomic E-state index is -0.843. The number of ether oxygens (including phenoxy) is 2. The van der Waals surface area contributed by atoms with Crippen molar-refractivity contribution in [3.8, 4) is 5.75 Å². The van der Waals surface area contributed by atoms with Gasteiger partial charge in [-0.1, -0.05) is 42.5 Å². The van der Waals surface area contributed by atoms with Gasteiger partial charge in [0.2, 0.25) is 5.91 Å². The Morgan fingerprint density at radius 2 is 1.83 bits per heavy atom. The zero-order valence-corrected chi connectivity index (χ0v) is 16.2. The van der Waals surface area contributed by atoms with Gasteiger partial charge in [-0.15, -0.1) is 0 Å². The third kappa shape index (κ3) is 4.93. The largest absolute Gasteiger partial charge is 0.478 e. The summed E-state index contributed by atoms with van der Waals surface area (Å²) in [5.41, 5.74) is 1.66. The van der Waals surface area contributed by atoms with Gasteiger partial charge in [-0.25, -0.2) is 0 Å². The van der Waals surface area contributed by atoms with Crippen LogP contribution < -0.4 is 15.4 Å². The lowest BCUT2D eigenvalue weighted by atomic mass is 10.1. The molecule has 2 aromatic carbocycles. The van der Waals surface area contributed by atoms with Gasteiger partial charge in [0.15, 0.2) is 6.10 Å². The number of carbonyl (C=O) groups excluding carboxylic acids is 2. The number of rotatable bonds is 6. The Hall–Kier alpha value is -2.90. The predicted molar refractivity (Wildman–Crippen MR) is 109 cm³/mol. The highest BCUT2D eigenvalue weighted by molar-refractivity contribution is 5.99. The fraction of sp³-hybridized carbons (Fsp3) is 0.364. The third-order valence-corrected chi connectivity index (χ3v) is 5.16. The number of nitrogens with one attached hydrogen (secondary N) is 2. The second-order valence-corrected chi connectivity index (χ2v) is 7.24. The van der Waals surface area contributed by atoms with E-state index in [2.05, 4.69) is 15.5 Å². The van der Waals surface area contributed by atoms with Crippen LogP contribution in [0.3, 0.4) is 0 Å². The summed E-state index contributed by atoms with van der Waals surface area (Å²) in [6.45, 7) is 3.77. The van der Waals surface area contributed by atoms with E-state index in [-0.39, 0.29) is 24.3 Å². The van der Waals surface area contributed by atoms with Gasteiger partial charge in [0.25, 0.3) is 5.91 Å². The van der Waals surface area contributed by atoms with Gasteiger partial charge in [-0.3, -0.25) is 14.5 Å². The molecule has 0 radical (unpaired) electrons. The van der Waals surface area contributed by atoms with Crippen LogP contribution in [0.4, 0.5) is 5.69 Å². The SMILES string of the molecule is O=C(C[C@H]1Oc2ccccc2NC1=O)N[C@@H](CN1CCOCC1)c1ccccc1. The van der Waals surface area contributed by atoms with Gasteiger partial charge in [-0.2, -0.15) is 0 Å². The molecule has 2 aromatic rings. The second kappa shape index (κ2) is 9.07. The van der Waals surface area contributed by atoms with Gasteiger partial charge in [0.1, 0.15) is 5.75 Å². The number of benzene rings is 2. The maximum absolute atomic E-state index is 12.8. The molecule has 2 N–H and O–H groups in total. The second-order valence-electron chi connectivity index (χ2n) is 7.24. The minimum Gasteiger partial charge on any atom is -0.478 e. The summed E-state index contributed by atoms with van der Waals surface area (Å²) < 4.78 is 11.2. The highest BCUT2D eigenvalue weighted by atomic mass is 16.5. The molecule has 0 aromatic heterocycles. The van der Waals surface area contributed by atoms with Crippen LogP contribution in [0.1, 0.15) is 18.0 Å². The summed E-state index contributed by atoms with van der Waals surface area (Å²) in [7, 11) is 0. The first-order valence-corrected chi connectivity index (χ1v) is 9.90. The minimum absolute atomic E-state index is 0.0351. The fourth-order valence-electron chi connectivity index (χ4n) is 3.61. The van der Waals surface area contributed by atoms with Crippen LogP contribution in [0.5, 0.6) is 5.75 Å². The van der Waals surface area contributed by atoms with Gasteiger partial charge < -0.3 is 20.1 Å². The molecule has 0 spiro atoms.